The van der Waals surface area contributed by atoms with E-state index in [0.717, 1.165) is 30.0 Å². The molecular weight excluding hydrogens is 202 g/mol. The smallest absolute Gasteiger partial charge is 0.229 e. The van der Waals surface area contributed by atoms with Crippen LogP contribution >= 0.6 is 0 Å². The summed E-state index contributed by atoms with van der Waals surface area (Å²) >= 11 is 0. The van der Waals surface area contributed by atoms with Crippen molar-refractivity contribution in [3.05, 3.63) is 17.8 Å². The zero-order valence-electron chi connectivity index (χ0n) is 9.71. The summed E-state index contributed by atoms with van der Waals surface area (Å²) in [6.07, 6.45) is 1.92. The molecule has 1 atom stereocenters. The molecule has 2 rings (SSSR count). The Bertz CT molecular complexity index is 403. The van der Waals surface area contributed by atoms with Crippen molar-refractivity contribution in [3.63, 3.8) is 0 Å². The highest BCUT2D eigenvalue weighted by Gasteiger charge is 2.22. The summed E-state index contributed by atoms with van der Waals surface area (Å²) in [4.78, 5) is 16.2. The molecule has 4 heteroatoms. The molecule has 0 saturated heterocycles. The Morgan fingerprint density at radius 1 is 1.50 bits per heavy atom. The Hall–Kier alpha value is -1.58. The summed E-state index contributed by atoms with van der Waals surface area (Å²) in [6.45, 7) is 4.70. The van der Waals surface area contributed by atoms with Crippen molar-refractivity contribution >= 4 is 17.4 Å². The van der Waals surface area contributed by atoms with Gasteiger partial charge in [0.05, 0.1) is 11.6 Å². The Balaban J connectivity index is 2.22. The van der Waals surface area contributed by atoms with Gasteiger partial charge >= 0.3 is 0 Å². The first-order chi connectivity index (χ1) is 7.70. The van der Waals surface area contributed by atoms with Crippen LogP contribution in [0.25, 0.3) is 0 Å². The topological polar surface area (TPSA) is 54.0 Å². The third-order valence-electron chi connectivity index (χ3n) is 2.82. The summed E-state index contributed by atoms with van der Waals surface area (Å²) < 4.78 is 0. The minimum Gasteiger partial charge on any atom is -0.368 e. The van der Waals surface area contributed by atoms with Crippen molar-refractivity contribution < 1.29 is 4.79 Å². The number of nitrogens with zero attached hydrogens (tertiary/aromatic N) is 1. The quantitative estimate of drug-likeness (QED) is 0.801. The number of nitrogens with one attached hydrogen (secondary N) is 2. The lowest BCUT2D eigenvalue weighted by Crippen LogP contribution is -2.25. The number of anilines is 2. The fourth-order valence-electron chi connectivity index (χ4n) is 1.92. The van der Waals surface area contributed by atoms with E-state index in [1.165, 1.54) is 0 Å². The zero-order chi connectivity index (χ0) is 11.5. The van der Waals surface area contributed by atoms with E-state index >= 15 is 0 Å². The molecule has 1 aliphatic rings. The Labute approximate surface area is 95.5 Å². The molecule has 0 spiro atoms. The summed E-state index contributed by atoms with van der Waals surface area (Å²) in [5, 5.41) is 6.16. The summed E-state index contributed by atoms with van der Waals surface area (Å²) in [7, 11) is 0. The molecule has 86 valence electrons. The molecule has 0 aliphatic carbocycles. The van der Waals surface area contributed by atoms with Crippen LogP contribution in [0.1, 0.15) is 25.5 Å². The van der Waals surface area contributed by atoms with Crippen LogP contribution in [0.4, 0.5) is 11.5 Å². The fraction of sp³-hybridized carbons (Fsp3) is 0.500. The molecule has 2 heterocycles. The maximum atomic E-state index is 11.9. The van der Waals surface area contributed by atoms with Crippen LogP contribution < -0.4 is 10.6 Å². The average Bonchev–Trinajstić information content (AvgIpc) is 2.40. The molecule has 0 fully saturated rings. The number of fused-ring (bicyclic) bond motifs is 1. The van der Waals surface area contributed by atoms with Crippen molar-refractivity contribution in [2.75, 3.05) is 17.2 Å². The summed E-state index contributed by atoms with van der Waals surface area (Å²) in [5.74, 6) is 0.921. The Morgan fingerprint density at radius 2 is 2.31 bits per heavy atom. The van der Waals surface area contributed by atoms with Crippen LogP contribution in [-0.4, -0.2) is 17.4 Å². The number of amides is 1. The number of pyridine rings is 1. The van der Waals surface area contributed by atoms with Gasteiger partial charge in [0.15, 0.2) is 0 Å². The largest absolute Gasteiger partial charge is 0.368 e. The highest BCUT2D eigenvalue weighted by Crippen LogP contribution is 2.24. The maximum Gasteiger partial charge on any atom is 0.229 e. The molecule has 0 aromatic carbocycles. The fourth-order valence-corrected chi connectivity index (χ4v) is 1.92. The molecule has 1 aromatic rings. The van der Waals surface area contributed by atoms with Gasteiger partial charge in [0.1, 0.15) is 5.82 Å². The second kappa shape index (κ2) is 4.51. The second-order valence-electron chi connectivity index (χ2n) is 4.20. The van der Waals surface area contributed by atoms with Gasteiger partial charge in [-0.2, -0.15) is 0 Å². The van der Waals surface area contributed by atoms with Gasteiger partial charge in [-0.15, -0.1) is 0 Å². The number of hydrogen-bond donors (Lipinski definition) is 2. The van der Waals surface area contributed by atoms with Gasteiger partial charge in [-0.05, 0) is 25.5 Å². The van der Waals surface area contributed by atoms with Gasteiger partial charge in [-0.25, -0.2) is 4.98 Å². The van der Waals surface area contributed by atoms with E-state index in [-0.39, 0.29) is 11.8 Å². The van der Waals surface area contributed by atoms with E-state index < -0.39 is 0 Å². The molecule has 1 amide bonds. The van der Waals surface area contributed by atoms with Gasteiger partial charge in [-0.1, -0.05) is 13.3 Å². The van der Waals surface area contributed by atoms with E-state index in [1.807, 2.05) is 19.1 Å². The lowest BCUT2D eigenvalue weighted by atomic mass is 10.0. The van der Waals surface area contributed by atoms with E-state index in [2.05, 4.69) is 22.5 Å². The van der Waals surface area contributed by atoms with Gasteiger partial charge in [0.25, 0.3) is 0 Å². The number of aromatic nitrogens is 1. The van der Waals surface area contributed by atoms with Crippen LogP contribution in [0.3, 0.4) is 0 Å². The molecule has 2 N–H and O–H groups in total. The standard InChI is InChI=1S/C12H17N3O/c1-3-4-9-7-13-11-10(15-12(9)16)6-5-8(2)14-11/h5-6,9H,3-4,7H2,1-2H3,(H,13,14)(H,15,16). The lowest BCUT2D eigenvalue weighted by molar-refractivity contribution is -0.119. The molecule has 1 aliphatic heterocycles. The van der Waals surface area contributed by atoms with Gasteiger partial charge < -0.3 is 10.6 Å². The molecule has 0 bridgehead atoms. The first-order valence-corrected chi connectivity index (χ1v) is 5.73. The van der Waals surface area contributed by atoms with Crippen LogP contribution in [0, 0.1) is 12.8 Å². The number of carbonyl (C=O) groups is 1. The number of aryl methyl sites for hydroxylation is 1. The minimum atomic E-state index is 0.0412. The highest BCUT2D eigenvalue weighted by atomic mass is 16.1. The van der Waals surface area contributed by atoms with E-state index in [0.29, 0.717) is 6.54 Å². The summed E-state index contributed by atoms with van der Waals surface area (Å²) in [6, 6.07) is 3.80. The highest BCUT2D eigenvalue weighted by molar-refractivity contribution is 5.96. The molecule has 1 aromatic heterocycles. The van der Waals surface area contributed by atoms with Crippen molar-refractivity contribution in [2.24, 2.45) is 5.92 Å². The predicted molar refractivity (Wildman–Crippen MR) is 64.5 cm³/mol. The van der Waals surface area contributed by atoms with E-state index in [1.54, 1.807) is 0 Å². The molecule has 16 heavy (non-hydrogen) atoms. The van der Waals surface area contributed by atoms with Crippen LogP contribution in [0.15, 0.2) is 12.1 Å². The summed E-state index contributed by atoms with van der Waals surface area (Å²) in [5.41, 5.74) is 1.74. The average molecular weight is 219 g/mol. The number of hydrogen-bond acceptors (Lipinski definition) is 3. The Morgan fingerprint density at radius 3 is 3.06 bits per heavy atom. The monoisotopic (exact) mass is 219 g/mol. The Kier molecular flexibility index (Phi) is 3.08. The lowest BCUT2D eigenvalue weighted by Gasteiger charge is -2.10. The number of carbonyl (C=O) groups excluding carboxylic acids is 1. The molecule has 0 saturated carbocycles. The van der Waals surface area contributed by atoms with Crippen molar-refractivity contribution in [2.45, 2.75) is 26.7 Å². The van der Waals surface area contributed by atoms with Crippen molar-refractivity contribution in [1.82, 2.24) is 4.98 Å². The van der Waals surface area contributed by atoms with E-state index in [4.69, 9.17) is 0 Å². The first kappa shape index (κ1) is 10.9. The third-order valence-corrected chi connectivity index (χ3v) is 2.82. The molecule has 0 radical (unpaired) electrons. The third kappa shape index (κ3) is 2.15. The zero-order valence-corrected chi connectivity index (χ0v) is 9.71. The van der Waals surface area contributed by atoms with E-state index in [9.17, 15) is 4.79 Å². The first-order valence-electron chi connectivity index (χ1n) is 5.73. The van der Waals surface area contributed by atoms with Crippen molar-refractivity contribution in [1.29, 1.82) is 0 Å². The normalized spacial score (nSPS) is 19.4. The van der Waals surface area contributed by atoms with Crippen molar-refractivity contribution in [3.8, 4) is 0 Å². The molecule has 1 unspecified atom stereocenters. The van der Waals surface area contributed by atoms with Crippen LogP contribution in [0.5, 0.6) is 0 Å². The van der Waals surface area contributed by atoms with Crippen LogP contribution in [0.2, 0.25) is 0 Å². The SMILES string of the molecule is CCCC1CNc2nc(C)ccc2NC1=O. The van der Waals surface area contributed by atoms with Crippen LogP contribution in [-0.2, 0) is 4.79 Å². The number of rotatable bonds is 2. The predicted octanol–water partition coefficient (Wildman–Crippen LogP) is 2.17. The second-order valence-corrected chi connectivity index (χ2v) is 4.20. The van der Waals surface area contributed by atoms with Gasteiger partial charge in [0.2, 0.25) is 5.91 Å². The van der Waals surface area contributed by atoms with Gasteiger partial charge in [0, 0.05) is 12.2 Å². The molecule has 4 nitrogen and oxygen atoms in total. The van der Waals surface area contributed by atoms with Gasteiger partial charge in [-0.3, -0.25) is 4.79 Å². The maximum absolute atomic E-state index is 11.9. The minimum absolute atomic E-state index is 0.0412. The molecular formula is C12H17N3O.